The summed E-state index contributed by atoms with van der Waals surface area (Å²) >= 11 is 5.94. The molecule has 0 aliphatic carbocycles. The Kier molecular flexibility index (Phi) is 4.23. The van der Waals surface area contributed by atoms with Gasteiger partial charge in [0, 0.05) is 29.6 Å². The molecule has 0 bridgehead atoms. The van der Waals surface area contributed by atoms with E-state index in [-0.39, 0.29) is 18.2 Å². The van der Waals surface area contributed by atoms with E-state index in [1.807, 2.05) is 0 Å². The van der Waals surface area contributed by atoms with E-state index < -0.39 is 11.9 Å². The summed E-state index contributed by atoms with van der Waals surface area (Å²) in [7, 11) is 1.56. The third-order valence-electron chi connectivity index (χ3n) is 3.41. The molecule has 1 amide bonds. The molecule has 1 N–H and O–H groups in total. The summed E-state index contributed by atoms with van der Waals surface area (Å²) in [4.78, 5) is 24.6. The molecule has 0 spiro atoms. The Labute approximate surface area is 127 Å². The standard InChI is InChI=1S/C15H16ClNO4/c1-8(15(19)20)7-17(3)14(18)13-9(2)11-6-10(16)4-5-12(11)21-13/h4-6,8H,7H2,1-3H3,(H,19,20). The first-order chi connectivity index (χ1) is 9.81. The van der Waals surface area contributed by atoms with Gasteiger partial charge in [0.15, 0.2) is 5.76 Å². The zero-order chi connectivity index (χ0) is 15.7. The maximum atomic E-state index is 12.4. The molecule has 1 atom stereocenters. The number of benzene rings is 1. The van der Waals surface area contributed by atoms with Gasteiger partial charge in [-0.1, -0.05) is 18.5 Å². The second-order valence-corrected chi connectivity index (χ2v) is 5.56. The minimum atomic E-state index is -0.942. The van der Waals surface area contributed by atoms with Gasteiger partial charge >= 0.3 is 5.97 Å². The predicted molar refractivity (Wildman–Crippen MR) is 79.7 cm³/mol. The van der Waals surface area contributed by atoms with Crippen LogP contribution in [0.3, 0.4) is 0 Å². The average molecular weight is 310 g/mol. The zero-order valence-electron chi connectivity index (χ0n) is 12.0. The van der Waals surface area contributed by atoms with E-state index >= 15 is 0 Å². The minimum absolute atomic E-state index is 0.116. The van der Waals surface area contributed by atoms with Gasteiger partial charge in [-0.25, -0.2) is 0 Å². The van der Waals surface area contributed by atoms with Gasteiger partial charge in [-0.2, -0.15) is 0 Å². The van der Waals surface area contributed by atoms with Crippen LogP contribution in [0.4, 0.5) is 0 Å². The molecule has 1 unspecified atom stereocenters. The summed E-state index contributed by atoms with van der Waals surface area (Å²) in [6, 6.07) is 5.14. The number of halogens is 1. The SMILES string of the molecule is Cc1c(C(=O)N(C)CC(C)C(=O)O)oc2ccc(Cl)cc12. The highest BCUT2D eigenvalue weighted by atomic mass is 35.5. The minimum Gasteiger partial charge on any atom is -0.481 e. The van der Waals surface area contributed by atoms with Crippen LogP contribution in [0.2, 0.25) is 5.02 Å². The molecule has 0 aliphatic rings. The molecule has 112 valence electrons. The van der Waals surface area contributed by atoms with E-state index in [0.717, 1.165) is 5.39 Å². The maximum Gasteiger partial charge on any atom is 0.308 e. The molecule has 1 aromatic carbocycles. The van der Waals surface area contributed by atoms with Crippen molar-refractivity contribution >= 4 is 34.4 Å². The van der Waals surface area contributed by atoms with Crippen LogP contribution in [0.5, 0.6) is 0 Å². The first-order valence-electron chi connectivity index (χ1n) is 6.48. The summed E-state index contributed by atoms with van der Waals surface area (Å²) in [5.41, 5.74) is 1.28. The maximum absolute atomic E-state index is 12.4. The number of hydrogen-bond donors (Lipinski definition) is 1. The van der Waals surface area contributed by atoms with Gasteiger partial charge in [0.25, 0.3) is 5.91 Å². The molecule has 0 radical (unpaired) electrons. The van der Waals surface area contributed by atoms with Gasteiger partial charge in [-0.05, 0) is 25.1 Å². The van der Waals surface area contributed by atoms with Crippen LogP contribution in [0.15, 0.2) is 22.6 Å². The molecule has 1 aromatic heterocycles. The molecule has 6 heteroatoms. The van der Waals surface area contributed by atoms with Crippen molar-refractivity contribution in [1.29, 1.82) is 0 Å². The number of nitrogens with zero attached hydrogens (tertiary/aromatic N) is 1. The third kappa shape index (κ3) is 3.03. The number of rotatable bonds is 4. The number of hydrogen-bond acceptors (Lipinski definition) is 3. The Morgan fingerprint density at radius 2 is 2.10 bits per heavy atom. The largest absolute Gasteiger partial charge is 0.481 e. The number of carboxylic acids is 1. The van der Waals surface area contributed by atoms with Crippen LogP contribution in [0.25, 0.3) is 11.0 Å². The summed E-state index contributed by atoms with van der Waals surface area (Å²) in [6.45, 7) is 3.45. The van der Waals surface area contributed by atoms with E-state index in [1.54, 1.807) is 39.1 Å². The number of amides is 1. The molecule has 5 nitrogen and oxygen atoms in total. The molecule has 2 rings (SSSR count). The zero-order valence-corrected chi connectivity index (χ0v) is 12.8. The fourth-order valence-electron chi connectivity index (χ4n) is 2.14. The fraction of sp³-hybridized carbons (Fsp3) is 0.333. The van der Waals surface area contributed by atoms with Crippen LogP contribution in [0, 0.1) is 12.8 Å². The van der Waals surface area contributed by atoms with Crippen molar-refractivity contribution < 1.29 is 19.1 Å². The van der Waals surface area contributed by atoms with Crippen molar-refractivity contribution in [3.8, 4) is 0 Å². The van der Waals surface area contributed by atoms with Crippen molar-refractivity contribution in [3.63, 3.8) is 0 Å². The number of fused-ring (bicyclic) bond motifs is 1. The molecular formula is C15H16ClNO4. The summed E-state index contributed by atoms with van der Waals surface area (Å²) in [5.74, 6) is -1.71. The van der Waals surface area contributed by atoms with Crippen molar-refractivity contribution in [2.24, 2.45) is 5.92 Å². The molecule has 0 fully saturated rings. The fourth-order valence-corrected chi connectivity index (χ4v) is 2.31. The van der Waals surface area contributed by atoms with Gasteiger partial charge in [0.1, 0.15) is 5.58 Å². The Bertz CT molecular complexity index is 707. The quantitative estimate of drug-likeness (QED) is 0.941. The van der Waals surface area contributed by atoms with Crippen LogP contribution in [-0.4, -0.2) is 35.5 Å². The second kappa shape index (κ2) is 5.77. The highest BCUT2D eigenvalue weighted by Crippen LogP contribution is 2.28. The van der Waals surface area contributed by atoms with Crippen LogP contribution < -0.4 is 0 Å². The van der Waals surface area contributed by atoms with Crippen molar-refractivity contribution in [2.45, 2.75) is 13.8 Å². The number of carbonyl (C=O) groups excluding carboxylic acids is 1. The Balaban J connectivity index is 2.31. The van der Waals surface area contributed by atoms with Gasteiger partial charge < -0.3 is 14.4 Å². The highest BCUT2D eigenvalue weighted by molar-refractivity contribution is 6.31. The lowest BCUT2D eigenvalue weighted by molar-refractivity contribution is -0.141. The van der Waals surface area contributed by atoms with Gasteiger partial charge in [-0.3, -0.25) is 9.59 Å². The monoisotopic (exact) mass is 309 g/mol. The summed E-state index contributed by atoms with van der Waals surface area (Å²) in [6.07, 6.45) is 0. The molecule has 0 saturated heterocycles. The second-order valence-electron chi connectivity index (χ2n) is 5.12. The number of aliphatic carboxylic acids is 1. The van der Waals surface area contributed by atoms with Crippen LogP contribution in [0.1, 0.15) is 23.0 Å². The first kappa shape index (κ1) is 15.4. The van der Waals surface area contributed by atoms with Crippen LogP contribution >= 0.6 is 11.6 Å². The lowest BCUT2D eigenvalue weighted by atomic mass is 10.1. The van der Waals surface area contributed by atoms with Crippen LogP contribution in [-0.2, 0) is 4.79 Å². The number of aryl methyl sites for hydroxylation is 1. The predicted octanol–water partition coefficient (Wildman–Crippen LogP) is 3.19. The lowest BCUT2D eigenvalue weighted by Crippen LogP contribution is -2.33. The van der Waals surface area contributed by atoms with Gasteiger partial charge in [0.05, 0.1) is 5.92 Å². The first-order valence-corrected chi connectivity index (χ1v) is 6.86. The molecule has 1 heterocycles. The van der Waals surface area contributed by atoms with E-state index in [9.17, 15) is 9.59 Å². The molecule has 21 heavy (non-hydrogen) atoms. The van der Waals surface area contributed by atoms with E-state index in [0.29, 0.717) is 16.2 Å². The van der Waals surface area contributed by atoms with E-state index in [2.05, 4.69) is 0 Å². The molecule has 2 aromatic rings. The van der Waals surface area contributed by atoms with Gasteiger partial charge in [-0.15, -0.1) is 0 Å². The van der Waals surface area contributed by atoms with Crippen molar-refractivity contribution in [1.82, 2.24) is 4.90 Å². The topological polar surface area (TPSA) is 70.8 Å². The molecular weight excluding hydrogens is 294 g/mol. The highest BCUT2D eigenvalue weighted by Gasteiger charge is 2.23. The van der Waals surface area contributed by atoms with Crippen molar-refractivity contribution in [3.05, 3.63) is 34.5 Å². The number of carbonyl (C=O) groups is 2. The van der Waals surface area contributed by atoms with Gasteiger partial charge in [0.2, 0.25) is 0 Å². The Morgan fingerprint density at radius 1 is 1.43 bits per heavy atom. The number of carboxylic acid groups (broad SMARTS) is 1. The molecule has 0 aliphatic heterocycles. The lowest BCUT2D eigenvalue weighted by Gasteiger charge is -2.18. The average Bonchev–Trinajstić information content (AvgIpc) is 2.75. The van der Waals surface area contributed by atoms with E-state index in [4.69, 9.17) is 21.1 Å². The van der Waals surface area contributed by atoms with Crippen molar-refractivity contribution in [2.75, 3.05) is 13.6 Å². The normalized spacial score (nSPS) is 12.4. The summed E-state index contributed by atoms with van der Waals surface area (Å²) in [5, 5.41) is 10.3. The smallest absolute Gasteiger partial charge is 0.308 e. The number of furan rings is 1. The third-order valence-corrected chi connectivity index (χ3v) is 3.64. The van der Waals surface area contributed by atoms with E-state index in [1.165, 1.54) is 4.90 Å². The Hall–Kier alpha value is -2.01. The Morgan fingerprint density at radius 3 is 2.71 bits per heavy atom. The summed E-state index contributed by atoms with van der Waals surface area (Å²) < 4.78 is 5.58. The molecule has 0 saturated carbocycles.